The van der Waals surface area contributed by atoms with Gasteiger partial charge in [-0.3, -0.25) is 0 Å². The third-order valence-corrected chi connectivity index (χ3v) is 5.71. The van der Waals surface area contributed by atoms with Crippen LogP contribution in [0, 0.1) is 23.5 Å². The van der Waals surface area contributed by atoms with E-state index in [4.69, 9.17) is 0 Å². The summed E-state index contributed by atoms with van der Waals surface area (Å²) in [6.07, 6.45) is 0. The lowest BCUT2D eigenvalue weighted by molar-refractivity contribution is 0.441. The molecule has 0 aromatic heterocycles. The topological polar surface area (TPSA) is 49.4 Å². The molecule has 0 bridgehead atoms. The van der Waals surface area contributed by atoms with Crippen molar-refractivity contribution < 1.29 is 17.2 Å². The summed E-state index contributed by atoms with van der Waals surface area (Å²) in [5.74, 6) is -1.12. The number of hydrogen-bond donors (Lipinski definition) is 1. The summed E-state index contributed by atoms with van der Waals surface area (Å²) in [7, 11) is -3.94. The Morgan fingerprint density at radius 3 is 2.42 bits per heavy atom. The van der Waals surface area contributed by atoms with Crippen LogP contribution in [-0.4, -0.2) is 38.9 Å². The number of sulfonamides is 1. The molecule has 104 valence electrons. The lowest BCUT2D eigenvalue weighted by Gasteiger charge is -2.17. The summed E-state index contributed by atoms with van der Waals surface area (Å²) in [6.45, 7) is 2.30. The molecule has 0 saturated carbocycles. The SMILES string of the molecule is O=S(=O)(c1cc(F)ccc1F)N1CC2CNCC2C1. The number of nitrogens with one attached hydrogen (secondary N) is 1. The highest BCUT2D eigenvalue weighted by atomic mass is 32.2. The quantitative estimate of drug-likeness (QED) is 0.876. The van der Waals surface area contributed by atoms with Gasteiger partial charge in [-0.15, -0.1) is 0 Å². The molecule has 2 aliphatic rings. The Labute approximate surface area is 110 Å². The standard InChI is InChI=1S/C12H14F2N2O2S/c13-10-1-2-11(14)12(3-10)19(17,18)16-6-8-4-15-5-9(8)7-16/h1-3,8-9,15H,4-7H2. The molecule has 0 amide bonds. The fourth-order valence-electron chi connectivity index (χ4n) is 2.82. The molecule has 1 N–H and O–H groups in total. The van der Waals surface area contributed by atoms with Crippen molar-refractivity contribution in [3.05, 3.63) is 29.8 Å². The molecular weight excluding hydrogens is 274 g/mol. The normalized spacial score (nSPS) is 27.7. The number of halogens is 2. The van der Waals surface area contributed by atoms with Crippen molar-refractivity contribution in [1.29, 1.82) is 0 Å². The monoisotopic (exact) mass is 288 g/mol. The van der Waals surface area contributed by atoms with Crippen LogP contribution >= 0.6 is 0 Å². The smallest absolute Gasteiger partial charge is 0.246 e. The third kappa shape index (κ3) is 2.15. The summed E-state index contributed by atoms with van der Waals surface area (Å²) in [5, 5.41) is 3.20. The fraction of sp³-hybridized carbons (Fsp3) is 0.500. The minimum absolute atomic E-state index is 0.270. The van der Waals surface area contributed by atoms with Crippen molar-refractivity contribution in [2.75, 3.05) is 26.2 Å². The minimum Gasteiger partial charge on any atom is -0.316 e. The average molecular weight is 288 g/mol. The van der Waals surface area contributed by atoms with Crippen LogP contribution in [0.5, 0.6) is 0 Å². The number of hydrogen-bond acceptors (Lipinski definition) is 3. The van der Waals surface area contributed by atoms with E-state index in [1.807, 2.05) is 0 Å². The first-order valence-corrected chi connectivity index (χ1v) is 7.58. The molecule has 19 heavy (non-hydrogen) atoms. The van der Waals surface area contributed by atoms with Crippen LogP contribution in [0.15, 0.2) is 23.1 Å². The van der Waals surface area contributed by atoms with Gasteiger partial charge in [0.05, 0.1) is 0 Å². The van der Waals surface area contributed by atoms with E-state index in [2.05, 4.69) is 5.32 Å². The van der Waals surface area contributed by atoms with Gasteiger partial charge in [-0.05, 0) is 43.1 Å². The fourth-order valence-corrected chi connectivity index (χ4v) is 4.45. The zero-order valence-electron chi connectivity index (χ0n) is 10.1. The molecule has 3 rings (SSSR count). The molecule has 0 aliphatic carbocycles. The van der Waals surface area contributed by atoms with Crippen molar-refractivity contribution in [2.45, 2.75) is 4.90 Å². The molecule has 2 heterocycles. The molecule has 1 aromatic carbocycles. The van der Waals surface area contributed by atoms with E-state index in [0.29, 0.717) is 13.1 Å². The second-order valence-electron chi connectivity index (χ2n) is 5.08. The Morgan fingerprint density at radius 2 is 1.79 bits per heavy atom. The molecular formula is C12H14F2N2O2S. The molecule has 1 aromatic rings. The van der Waals surface area contributed by atoms with Crippen molar-refractivity contribution in [2.24, 2.45) is 11.8 Å². The van der Waals surface area contributed by atoms with E-state index < -0.39 is 26.6 Å². The van der Waals surface area contributed by atoms with E-state index in [1.54, 1.807) is 0 Å². The molecule has 2 fully saturated rings. The van der Waals surface area contributed by atoms with Crippen LogP contribution in [0.2, 0.25) is 0 Å². The molecule has 2 aliphatic heterocycles. The summed E-state index contributed by atoms with van der Waals surface area (Å²) in [6, 6.07) is 2.51. The largest absolute Gasteiger partial charge is 0.316 e. The van der Waals surface area contributed by atoms with Gasteiger partial charge in [-0.1, -0.05) is 0 Å². The van der Waals surface area contributed by atoms with E-state index in [1.165, 1.54) is 4.31 Å². The van der Waals surface area contributed by atoms with Gasteiger partial charge in [-0.25, -0.2) is 17.2 Å². The number of rotatable bonds is 2. The van der Waals surface area contributed by atoms with Gasteiger partial charge in [0, 0.05) is 13.1 Å². The highest BCUT2D eigenvalue weighted by Crippen LogP contribution is 2.31. The Kier molecular flexibility index (Phi) is 3.07. The predicted molar refractivity (Wildman–Crippen MR) is 65.0 cm³/mol. The van der Waals surface area contributed by atoms with Crippen LogP contribution < -0.4 is 5.32 Å². The lowest BCUT2D eigenvalue weighted by Crippen LogP contribution is -2.32. The van der Waals surface area contributed by atoms with Crippen LogP contribution in [0.3, 0.4) is 0 Å². The van der Waals surface area contributed by atoms with Crippen molar-refractivity contribution >= 4 is 10.0 Å². The molecule has 2 unspecified atom stereocenters. The first kappa shape index (κ1) is 13.0. The third-order valence-electron chi connectivity index (χ3n) is 3.87. The molecule has 0 spiro atoms. The Morgan fingerprint density at radius 1 is 1.16 bits per heavy atom. The van der Waals surface area contributed by atoms with Gasteiger partial charge in [0.1, 0.15) is 16.5 Å². The van der Waals surface area contributed by atoms with Crippen LogP contribution in [-0.2, 0) is 10.0 Å². The van der Waals surface area contributed by atoms with Crippen LogP contribution in [0.25, 0.3) is 0 Å². The van der Waals surface area contributed by atoms with E-state index in [9.17, 15) is 17.2 Å². The van der Waals surface area contributed by atoms with E-state index in [-0.39, 0.29) is 11.8 Å². The maximum absolute atomic E-state index is 13.6. The highest BCUT2D eigenvalue weighted by molar-refractivity contribution is 7.89. The second-order valence-corrected chi connectivity index (χ2v) is 6.98. The predicted octanol–water partition coefficient (Wildman–Crippen LogP) is 0.805. The Balaban J connectivity index is 1.93. The van der Waals surface area contributed by atoms with E-state index >= 15 is 0 Å². The van der Waals surface area contributed by atoms with Gasteiger partial charge in [-0.2, -0.15) is 4.31 Å². The van der Waals surface area contributed by atoms with Gasteiger partial charge in [0.2, 0.25) is 10.0 Å². The van der Waals surface area contributed by atoms with Crippen LogP contribution in [0.1, 0.15) is 0 Å². The van der Waals surface area contributed by atoms with Gasteiger partial charge >= 0.3 is 0 Å². The molecule has 2 saturated heterocycles. The maximum Gasteiger partial charge on any atom is 0.246 e. The second kappa shape index (κ2) is 4.50. The molecule has 7 heteroatoms. The summed E-state index contributed by atoms with van der Waals surface area (Å²) < 4.78 is 52.7. The highest BCUT2D eigenvalue weighted by Gasteiger charge is 2.42. The molecule has 0 radical (unpaired) electrons. The van der Waals surface area contributed by atoms with Crippen molar-refractivity contribution in [1.82, 2.24) is 9.62 Å². The molecule has 2 atom stereocenters. The summed E-state index contributed by atoms with van der Waals surface area (Å²) >= 11 is 0. The summed E-state index contributed by atoms with van der Waals surface area (Å²) in [4.78, 5) is -0.569. The van der Waals surface area contributed by atoms with Gasteiger partial charge < -0.3 is 5.32 Å². The van der Waals surface area contributed by atoms with E-state index in [0.717, 1.165) is 31.3 Å². The van der Waals surface area contributed by atoms with Gasteiger partial charge in [0.15, 0.2) is 0 Å². The van der Waals surface area contributed by atoms with Crippen LogP contribution in [0.4, 0.5) is 8.78 Å². The minimum atomic E-state index is -3.94. The zero-order valence-corrected chi connectivity index (χ0v) is 11.0. The molecule has 4 nitrogen and oxygen atoms in total. The number of fused-ring (bicyclic) bond motifs is 1. The van der Waals surface area contributed by atoms with Crippen molar-refractivity contribution in [3.8, 4) is 0 Å². The van der Waals surface area contributed by atoms with Crippen molar-refractivity contribution in [3.63, 3.8) is 0 Å². The zero-order chi connectivity index (χ0) is 13.6. The number of nitrogens with zero attached hydrogens (tertiary/aromatic N) is 1. The maximum atomic E-state index is 13.6. The first-order valence-electron chi connectivity index (χ1n) is 6.14. The van der Waals surface area contributed by atoms with Gasteiger partial charge in [0.25, 0.3) is 0 Å². The lowest BCUT2D eigenvalue weighted by atomic mass is 10.0. The first-order chi connectivity index (χ1) is 8.98. The Bertz CT molecular complexity index is 594. The Hall–Kier alpha value is -1.05. The number of benzene rings is 1. The summed E-state index contributed by atoms with van der Waals surface area (Å²) in [5.41, 5.74) is 0. The average Bonchev–Trinajstić information content (AvgIpc) is 2.92.